The van der Waals surface area contributed by atoms with Gasteiger partial charge in [0.2, 0.25) is 17.7 Å². The lowest BCUT2D eigenvalue weighted by atomic mass is 10.1. The minimum atomic E-state index is -0.463. The van der Waals surface area contributed by atoms with Crippen molar-refractivity contribution in [3.63, 3.8) is 0 Å². The van der Waals surface area contributed by atoms with Crippen molar-refractivity contribution in [3.05, 3.63) is 58.7 Å². The molecule has 0 spiro atoms. The summed E-state index contributed by atoms with van der Waals surface area (Å²) in [5.41, 5.74) is 5.69. The number of nitrogens with one attached hydrogen (secondary N) is 2. The first kappa shape index (κ1) is 20.6. The van der Waals surface area contributed by atoms with E-state index in [1.54, 1.807) is 4.90 Å². The number of nitrogens with zero attached hydrogens (tertiary/aromatic N) is 1. The van der Waals surface area contributed by atoms with Crippen LogP contribution in [0.25, 0.3) is 0 Å². The zero-order chi connectivity index (χ0) is 21.1. The van der Waals surface area contributed by atoms with Crippen LogP contribution in [0.3, 0.4) is 0 Å². The molecule has 2 N–H and O–H groups in total. The summed E-state index contributed by atoms with van der Waals surface area (Å²) < 4.78 is 0. The molecule has 152 valence electrons. The molecule has 0 radical (unpaired) electrons. The van der Waals surface area contributed by atoms with Gasteiger partial charge < -0.3 is 15.5 Å². The van der Waals surface area contributed by atoms with Crippen LogP contribution in [0.15, 0.2) is 36.4 Å². The molecule has 1 atom stereocenters. The minimum absolute atomic E-state index is 0.0705. The number of amides is 3. The highest BCUT2D eigenvalue weighted by Gasteiger charge is 2.35. The van der Waals surface area contributed by atoms with Gasteiger partial charge in [0.15, 0.2) is 0 Å². The number of anilines is 2. The molecular formula is C23H27N3O3. The predicted molar refractivity (Wildman–Crippen MR) is 114 cm³/mol. The second-order valence-electron chi connectivity index (χ2n) is 7.66. The van der Waals surface area contributed by atoms with E-state index in [1.165, 1.54) is 0 Å². The van der Waals surface area contributed by atoms with Crippen molar-refractivity contribution < 1.29 is 14.4 Å². The van der Waals surface area contributed by atoms with Crippen LogP contribution in [-0.4, -0.2) is 30.8 Å². The average molecular weight is 393 g/mol. The van der Waals surface area contributed by atoms with Crippen molar-refractivity contribution >= 4 is 29.1 Å². The highest BCUT2D eigenvalue weighted by molar-refractivity contribution is 6.02. The molecule has 0 aliphatic carbocycles. The first-order valence-electron chi connectivity index (χ1n) is 9.78. The predicted octanol–water partition coefficient (Wildman–Crippen LogP) is 3.03. The summed E-state index contributed by atoms with van der Waals surface area (Å²) in [6.07, 6.45) is 0.151. The maximum atomic E-state index is 12.5. The van der Waals surface area contributed by atoms with E-state index in [1.807, 2.05) is 64.1 Å². The lowest BCUT2D eigenvalue weighted by Gasteiger charge is -2.20. The van der Waals surface area contributed by atoms with Crippen molar-refractivity contribution in [2.24, 2.45) is 5.92 Å². The summed E-state index contributed by atoms with van der Waals surface area (Å²) in [6, 6.07) is 11.6. The molecule has 6 nitrogen and oxygen atoms in total. The summed E-state index contributed by atoms with van der Waals surface area (Å²) in [5.74, 6) is -1.09. The van der Waals surface area contributed by atoms with Crippen molar-refractivity contribution in [2.45, 2.75) is 34.1 Å². The Balaban J connectivity index is 1.58. The maximum absolute atomic E-state index is 12.5. The Morgan fingerprint density at radius 2 is 1.62 bits per heavy atom. The van der Waals surface area contributed by atoms with Crippen molar-refractivity contribution in [2.75, 3.05) is 23.3 Å². The molecule has 0 aromatic heterocycles. The van der Waals surface area contributed by atoms with Crippen molar-refractivity contribution in [1.29, 1.82) is 0 Å². The quantitative estimate of drug-likeness (QED) is 0.820. The van der Waals surface area contributed by atoms with E-state index in [-0.39, 0.29) is 30.7 Å². The molecule has 1 heterocycles. The van der Waals surface area contributed by atoms with Gasteiger partial charge in [-0.1, -0.05) is 30.3 Å². The molecule has 0 unspecified atom stereocenters. The number of carbonyl (C=O) groups excluding carboxylic acids is 3. The molecule has 2 aromatic rings. The van der Waals surface area contributed by atoms with Crippen LogP contribution in [0.4, 0.5) is 11.4 Å². The third-order valence-electron chi connectivity index (χ3n) is 5.53. The Bertz CT molecular complexity index is 948. The second kappa shape index (κ2) is 8.47. The van der Waals surface area contributed by atoms with Crippen LogP contribution < -0.4 is 15.5 Å². The van der Waals surface area contributed by atoms with Crippen LogP contribution in [0, 0.1) is 33.6 Å². The third kappa shape index (κ3) is 4.47. The van der Waals surface area contributed by atoms with Crippen LogP contribution in [0.2, 0.25) is 0 Å². The topological polar surface area (TPSA) is 78.5 Å². The lowest BCUT2D eigenvalue weighted by molar-refractivity contribution is -0.127. The van der Waals surface area contributed by atoms with Gasteiger partial charge in [0.25, 0.3) is 0 Å². The molecule has 1 fully saturated rings. The smallest absolute Gasteiger partial charge is 0.243 e. The molecule has 3 rings (SSSR count). The summed E-state index contributed by atoms with van der Waals surface area (Å²) in [4.78, 5) is 38.9. The molecule has 6 heteroatoms. The van der Waals surface area contributed by atoms with Gasteiger partial charge in [-0.25, -0.2) is 0 Å². The van der Waals surface area contributed by atoms with Gasteiger partial charge in [0.05, 0.1) is 12.5 Å². The van der Waals surface area contributed by atoms with Crippen LogP contribution in [-0.2, 0) is 14.4 Å². The Morgan fingerprint density at radius 3 is 2.31 bits per heavy atom. The van der Waals surface area contributed by atoms with Crippen LogP contribution >= 0.6 is 0 Å². The first-order valence-corrected chi connectivity index (χ1v) is 9.78. The van der Waals surface area contributed by atoms with Gasteiger partial charge in [-0.2, -0.15) is 0 Å². The molecule has 3 amide bonds. The van der Waals surface area contributed by atoms with Gasteiger partial charge in [-0.3, -0.25) is 14.4 Å². The summed E-state index contributed by atoms with van der Waals surface area (Å²) in [6.45, 7) is 8.02. The normalized spacial score (nSPS) is 16.1. The zero-order valence-electron chi connectivity index (χ0n) is 17.3. The monoisotopic (exact) mass is 393 g/mol. The number of aryl methyl sites for hydroxylation is 3. The van der Waals surface area contributed by atoms with E-state index < -0.39 is 5.92 Å². The van der Waals surface area contributed by atoms with E-state index >= 15 is 0 Å². The lowest BCUT2D eigenvalue weighted by Crippen LogP contribution is -2.38. The highest BCUT2D eigenvalue weighted by Crippen LogP contribution is 2.29. The van der Waals surface area contributed by atoms with Gasteiger partial charge in [-0.15, -0.1) is 0 Å². The fraction of sp³-hybridized carbons (Fsp3) is 0.348. The highest BCUT2D eigenvalue weighted by atomic mass is 16.2. The standard InChI is InChI=1S/C23H27N3O3/c1-14-7-6-10-19(17(14)4)26-13-18(11-21(26)28)23(29)24-12-20(27)25-22-15(2)8-5-9-16(22)3/h5-10,18H,11-13H2,1-4H3,(H,24,29)(H,25,27)/t18-/m0/s1. The SMILES string of the molecule is Cc1cccc(N2C[C@@H](C(=O)NCC(=O)Nc3c(C)cccc3C)CC2=O)c1C. The van der Waals surface area contributed by atoms with Crippen LogP contribution in [0.5, 0.6) is 0 Å². The van der Waals surface area contributed by atoms with E-state index in [2.05, 4.69) is 10.6 Å². The zero-order valence-corrected chi connectivity index (χ0v) is 17.3. The number of carbonyl (C=O) groups is 3. The molecular weight excluding hydrogens is 366 g/mol. The number of benzene rings is 2. The van der Waals surface area contributed by atoms with Gasteiger partial charge in [-0.05, 0) is 56.0 Å². The number of para-hydroxylation sites is 1. The number of rotatable bonds is 5. The fourth-order valence-corrected chi connectivity index (χ4v) is 3.65. The van der Waals surface area contributed by atoms with Gasteiger partial charge in [0.1, 0.15) is 0 Å². The van der Waals surface area contributed by atoms with E-state index in [4.69, 9.17) is 0 Å². The first-order chi connectivity index (χ1) is 13.8. The molecule has 29 heavy (non-hydrogen) atoms. The summed E-state index contributed by atoms with van der Waals surface area (Å²) in [5, 5.41) is 5.52. The largest absolute Gasteiger partial charge is 0.347 e. The summed E-state index contributed by atoms with van der Waals surface area (Å²) in [7, 11) is 0. The molecule has 1 saturated heterocycles. The Kier molecular flexibility index (Phi) is 6.01. The summed E-state index contributed by atoms with van der Waals surface area (Å²) >= 11 is 0. The third-order valence-corrected chi connectivity index (χ3v) is 5.53. The number of hydrogen-bond acceptors (Lipinski definition) is 3. The molecule has 1 aliphatic heterocycles. The average Bonchev–Trinajstić information content (AvgIpc) is 3.06. The second-order valence-corrected chi connectivity index (χ2v) is 7.66. The van der Waals surface area contributed by atoms with E-state index in [9.17, 15) is 14.4 Å². The van der Waals surface area contributed by atoms with Gasteiger partial charge >= 0.3 is 0 Å². The van der Waals surface area contributed by atoms with E-state index in [0.29, 0.717) is 6.54 Å². The Labute approximate surface area is 171 Å². The minimum Gasteiger partial charge on any atom is -0.347 e. The van der Waals surface area contributed by atoms with Crippen LogP contribution in [0.1, 0.15) is 28.7 Å². The Hall–Kier alpha value is -3.15. The van der Waals surface area contributed by atoms with Crippen molar-refractivity contribution in [1.82, 2.24) is 5.32 Å². The molecule has 0 bridgehead atoms. The molecule has 2 aromatic carbocycles. The maximum Gasteiger partial charge on any atom is 0.243 e. The van der Waals surface area contributed by atoms with E-state index in [0.717, 1.165) is 33.6 Å². The van der Waals surface area contributed by atoms with Gasteiger partial charge in [0, 0.05) is 24.3 Å². The molecule has 1 aliphatic rings. The Morgan fingerprint density at radius 1 is 1.00 bits per heavy atom. The fourth-order valence-electron chi connectivity index (χ4n) is 3.65. The number of hydrogen-bond donors (Lipinski definition) is 2. The van der Waals surface area contributed by atoms with Crippen molar-refractivity contribution in [3.8, 4) is 0 Å². The molecule has 0 saturated carbocycles.